The number of hydrazone groups is 1. The molecule has 1 heterocycles. The van der Waals surface area contributed by atoms with E-state index < -0.39 is 41.3 Å². The van der Waals surface area contributed by atoms with Gasteiger partial charge in [0.05, 0.1) is 16.5 Å². The van der Waals surface area contributed by atoms with E-state index >= 15 is 0 Å². The van der Waals surface area contributed by atoms with Crippen molar-refractivity contribution in [3.8, 4) is 0 Å². The summed E-state index contributed by atoms with van der Waals surface area (Å²) in [5.41, 5.74) is -3.26. The molecule has 0 spiro atoms. The second kappa shape index (κ2) is 12.0. The zero-order valence-corrected chi connectivity index (χ0v) is 22.4. The molecule has 2 unspecified atom stereocenters. The minimum Gasteiger partial charge on any atom is -0.351 e. The summed E-state index contributed by atoms with van der Waals surface area (Å²) < 4.78 is 92.9. The third-order valence-corrected chi connectivity index (χ3v) is 7.95. The van der Waals surface area contributed by atoms with E-state index in [9.17, 15) is 35.5 Å². The zero-order valence-electron chi connectivity index (χ0n) is 22.4. The molecular formula is C28H32F7N5O. The van der Waals surface area contributed by atoms with Gasteiger partial charge in [-0.1, -0.05) is 12.1 Å². The number of hydrazine groups is 1. The minimum atomic E-state index is -4.98. The number of piperidine rings is 1. The minimum absolute atomic E-state index is 0.0230. The molecule has 1 aliphatic carbocycles. The molecule has 2 aliphatic rings. The van der Waals surface area contributed by atoms with Crippen LogP contribution in [0.1, 0.15) is 60.3 Å². The van der Waals surface area contributed by atoms with Crippen molar-refractivity contribution in [2.24, 2.45) is 16.4 Å². The van der Waals surface area contributed by atoms with Gasteiger partial charge in [-0.15, -0.1) is 0 Å². The Morgan fingerprint density at radius 1 is 1.05 bits per heavy atom. The summed E-state index contributed by atoms with van der Waals surface area (Å²) in [7, 11) is 1.47. The number of alkyl halides is 6. The second-order valence-electron chi connectivity index (χ2n) is 10.8. The monoisotopic (exact) mass is 587 g/mol. The van der Waals surface area contributed by atoms with Crippen LogP contribution >= 0.6 is 0 Å². The van der Waals surface area contributed by atoms with Crippen LogP contribution in [-0.2, 0) is 23.7 Å². The van der Waals surface area contributed by atoms with Gasteiger partial charge in [0.1, 0.15) is 5.82 Å². The molecule has 2 fully saturated rings. The summed E-state index contributed by atoms with van der Waals surface area (Å²) in [4.78, 5) is 15.7. The predicted molar refractivity (Wildman–Crippen MR) is 139 cm³/mol. The number of nitrogens with zero attached hydrogens (tertiary/aromatic N) is 3. The van der Waals surface area contributed by atoms with E-state index in [1.165, 1.54) is 25.4 Å². The van der Waals surface area contributed by atoms with Crippen LogP contribution in [0.5, 0.6) is 0 Å². The normalized spacial score (nSPS) is 22.8. The predicted octanol–water partition coefficient (Wildman–Crippen LogP) is 5.69. The van der Waals surface area contributed by atoms with Crippen molar-refractivity contribution in [3.63, 3.8) is 0 Å². The van der Waals surface area contributed by atoms with Gasteiger partial charge in [-0.3, -0.25) is 4.79 Å². The van der Waals surface area contributed by atoms with Gasteiger partial charge in [-0.05, 0) is 92.6 Å². The molecule has 4 rings (SSSR count). The van der Waals surface area contributed by atoms with Crippen molar-refractivity contribution in [3.05, 3.63) is 70.5 Å². The van der Waals surface area contributed by atoms with Crippen molar-refractivity contribution in [2.45, 2.75) is 63.0 Å². The summed E-state index contributed by atoms with van der Waals surface area (Å²) in [6, 6.07) is 7.77. The Morgan fingerprint density at radius 2 is 1.63 bits per heavy atom. The third-order valence-electron chi connectivity index (χ3n) is 7.95. The van der Waals surface area contributed by atoms with Gasteiger partial charge in [-0.25, -0.2) is 15.4 Å². The summed E-state index contributed by atoms with van der Waals surface area (Å²) >= 11 is 0. The Bertz CT molecular complexity index is 1210. The molecule has 1 saturated heterocycles. The zero-order chi connectivity index (χ0) is 30.0. The first-order valence-corrected chi connectivity index (χ1v) is 13.3. The Hall–Kier alpha value is -3.19. The highest BCUT2D eigenvalue weighted by Crippen LogP contribution is 2.42. The van der Waals surface area contributed by atoms with Crippen LogP contribution in [0.4, 0.5) is 30.7 Å². The number of hydrogen-bond donors (Lipinski definition) is 2. The van der Waals surface area contributed by atoms with E-state index in [0.717, 1.165) is 36.6 Å². The Labute approximate surface area is 233 Å². The number of nitrogens with two attached hydrogens (primary N) is 1. The van der Waals surface area contributed by atoms with E-state index in [1.54, 1.807) is 12.1 Å². The molecule has 0 aromatic heterocycles. The van der Waals surface area contributed by atoms with Gasteiger partial charge in [0, 0.05) is 25.8 Å². The van der Waals surface area contributed by atoms with Gasteiger partial charge < -0.3 is 10.2 Å². The number of hydrogen-bond acceptors (Lipinski definition) is 5. The van der Waals surface area contributed by atoms with Crippen LogP contribution in [0.15, 0.2) is 47.6 Å². The van der Waals surface area contributed by atoms with E-state index in [0.29, 0.717) is 37.3 Å². The molecule has 1 saturated carbocycles. The van der Waals surface area contributed by atoms with Crippen LogP contribution in [-0.4, -0.2) is 48.3 Å². The third kappa shape index (κ3) is 7.56. The van der Waals surface area contributed by atoms with Gasteiger partial charge in [0.2, 0.25) is 5.91 Å². The first-order valence-electron chi connectivity index (χ1n) is 13.3. The highest BCUT2D eigenvalue weighted by atomic mass is 19.4. The number of benzene rings is 2. The maximum Gasteiger partial charge on any atom is 0.416 e. The number of nitrogens with one attached hydrogen (secondary N) is 1. The lowest BCUT2D eigenvalue weighted by molar-refractivity contribution is -0.143. The fraction of sp³-hybridized carbons (Fsp3) is 0.500. The highest BCUT2D eigenvalue weighted by molar-refractivity contribution is 5.98. The number of amides is 1. The van der Waals surface area contributed by atoms with Gasteiger partial charge in [-0.2, -0.15) is 31.4 Å². The number of halogens is 7. The van der Waals surface area contributed by atoms with Crippen molar-refractivity contribution < 1.29 is 35.5 Å². The maximum absolute atomic E-state index is 13.5. The molecule has 0 bridgehead atoms. The number of carbonyl (C=O) groups is 1. The van der Waals surface area contributed by atoms with Crippen LogP contribution in [0.3, 0.4) is 0 Å². The van der Waals surface area contributed by atoms with E-state index in [2.05, 4.69) is 15.3 Å². The van der Waals surface area contributed by atoms with Gasteiger partial charge in [0.15, 0.2) is 0 Å². The first-order chi connectivity index (χ1) is 19.2. The number of rotatable bonds is 7. The average molecular weight is 588 g/mol. The molecule has 224 valence electrons. The number of likely N-dealkylation sites (tertiary alicyclic amines) is 1. The molecule has 0 radical (unpaired) electrons. The summed E-state index contributed by atoms with van der Waals surface area (Å²) in [5.74, 6) is 5.09. The fourth-order valence-corrected chi connectivity index (χ4v) is 5.76. The lowest BCUT2D eigenvalue weighted by Crippen LogP contribution is -2.44. The van der Waals surface area contributed by atoms with E-state index in [4.69, 9.17) is 5.84 Å². The maximum atomic E-state index is 13.5. The second-order valence-corrected chi connectivity index (χ2v) is 10.8. The lowest BCUT2D eigenvalue weighted by Gasteiger charge is -2.37. The Kier molecular flexibility index (Phi) is 8.98. The van der Waals surface area contributed by atoms with Gasteiger partial charge >= 0.3 is 12.4 Å². The summed E-state index contributed by atoms with van der Waals surface area (Å²) in [6.07, 6.45) is -5.43. The van der Waals surface area contributed by atoms with Crippen molar-refractivity contribution >= 4 is 12.1 Å². The quantitative estimate of drug-likeness (QED) is 0.189. The molecule has 41 heavy (non-hydrogen) atoms. The van der Waals surface area contributed by atoms with Crippen LogP contribution in [0.2, 0.25) is 0 Å². The molecule has 3 N–H and O–H groups in total. The van der Waals surface area contributed by atoms with Gasteiger partial charge in [0.25, 0.3) is 0 Å². The largest absolute Gasteiger partial charge is 0.416 e. The lowest BCUT2D eigenvalue weighted by atomic mass is 9.85. The van der Waals surface area contributed by atoms with Crippen LogP contribution < -0.4 is 11.2 Å². The topological polar surface area (TPSA) is 74.0 Å². The van der Waals surface area contributed by atoms with Crippen molar-refractivity contribution in [1.82, 2.24) is 15.3 Å². The summed E-state index contributed by atoms with van der Waals surface area (Å²) in [5, 5.41) is 7.64. The van der Waals surface area contributed by atoms with Crippen LogP contribution in [0, 0.1) is 11.2 Å². The molecule has 2 aromatic rings. The van der Waals surface area contributed by atoms with E-state index in [1.807, 2.05) is 0 Å². The van der Waals surface area contributed by atoms with Crippen LogP contribution in [0.25, 0.3) is 0 Å². The van der Waals surface area contributed by atoms with E-state index in [-0.39, 0.29) is 23.5 Å². The Morgan fingerprint density at radius 3 is 2.17 bits per heavy atom. The smallest absolute Gasteiger partial charge is 0.351 e. The number of carbonyl (C=O) groups excluding carboxylic acids is 1. The Balaban J connectivity index is 1.46. The first kappa shape index (κ1) is 30.8. The highest BCUT2D eigenvalue weighted by Gasteiger charge is 2.46. The standard InChI is InChI=1S/C28H32F7N5O/c1-39(36)38-17-26(25(41)37-16-18-12-21(27(30,31)32)14-22(13-18)28(33,34)35)9-6-24(15-26)40-10-7-20(8-11-40)19-2-4-23(29)5-3-19/h2-5,12-14,17,20,24H,6-11,15-16,36H2,1H3,(H,37,41)/b38-17+. The molecular weight excluding hydrogens is 555 g/mol. The average Bonchev–Trinajstić information content (AvgIpc) is 3.36. The molecule has 2 aromatic carbocycles. The molecule has 6 nitrogen and oxygen atoms in total. The van der Waals surface area contributed by atoms with Crippen molar-refractivity contribution in [1.29, 1.82) is 0 Å². The SMILES string of the molecule is CN(N)/N=C/C1(C(=O)NCc2cc(C(F)(F)F)cc(C(F)(F)F)c2)CCC(N2CCC(c3ccc(F)cc3)CC2)C1. The molecule has 13 heteroatoms. The summed E-state index contributed by atoms with van der Waals surface area (Å²) in [6.45, 7) is 1.01. The molecule has 2 atom stereocenters. The molecule has 1 amide bonds. The fourth-order valence-electron chi connectivity index (χ4n) is 5.76. The molecule has 1 aliphatic heterocycles. The van der Waals surface area contributed by atoms with Crippen molar-refractivity contribution in [2.75, 3.05) is 20.1 Å².